The van der Waals surface area contributed by atoms with E-state index in [-0.39, 0.29) is 17.0 Å². The summed E-state index contributed by atoms with van der Waals surface area (Å²) in [6.45, 7) is 2.23. The molecule has 0 aliphatic carbocycles. The highest BCUT2D eigenvalue weighted by atomic mass is 32.2. The maximum atomic E-state index is 12.7. The first kappa shape index (κ1) is 22.5. The molecule has 0 saturated carbocycles. The predicted molar refractivity (Wildman–Crippen MR) is 109 cm³/mol. The van der Waals surface area contributed by atoms with Gasteiger partial charge >= 0.3 is 6.61 Å². The zero-order valence-corrected chi connectivity index (χ0v) is 17.4. The fourth-order valence-corrected chi connectivity index (χ4v) is 3.76. The highest BCUT2D eigenvalue weighted by Gasteiger charge is 2.31. The lowest BCUT2D eigenvalue weighted by Gasteiger charge is -2.36. The molecule has 2 rings (SSSR count). The number of nitrogens with zero attached hydrogens (tertiary/aromatic N) is 1. The van der Waals surface area contributed by atoms with Crippen LogP contribution < -0.4 is 20.1 Å². The highest BCUT2D eigenvalue weighted by molar-refractivity contribution is 8.00. The average molecular weight is 418 g/mol. The van der Waals surface area contributed by atoms with Gasteiger partial charge in [-0.3, -0.25) is 0 Å². The number of methoxy groups -OCH3 is 1. The number of guanidine groups is 1. The van der Waals surface area contributed by atoms with Gasteiger partial charge in [-0.1, -0.05) is 0 Å². The summed E-state index contributed by atoms with van der Waals surface area (Å²) >= 11 is 1.84. The van der Waals surface area contributed by atoms with Gasteiger partial charge in [0, 0.05) is 36.6 Å². The minimum atomic E-state index is -2.89. The van der Waals surface area contributed by atoms with E-state index in [0.29, 0.717) is 23.8 Å². The molecule has 0 atom stereocenters. The smallest absolute Gasteiger partial charge is 0.387 e. The van der Waals surface area contributed by atoms with Gasteiger partial charge in [0.25, 0.3) is 0 Å². The van der Waals surface area contributed by atoms with E-state index < -0.39 is 6.61 Å². The zero-order valence-electron chi connectivity index (χ0n) is 16.6. The molecule has 2 N–H and O–H groups in total. The second-order valence-corrected chi connectivity index (χ2v) is 7.67. The standard InChI is InChI=1S/C19H29F2N3O3S/c1-4-22-18(24-13-19(28-3)7-9-26-10-8-19)23-12-14-11-15(25-2)5-6-16(14)27-17(20)21/h5-6,11,17H,4,7-10,12-13H2,1-3H3,(H2,22,23,24). The van der Waals surface area contributed by atoms with Crippen molar-refractivity contribution in [3.63, 3.8) is 0 Å². The third-order valence-electron chi connectivity index (χ3n) is 4.65. The first-order chi connectivity index (χ1) is 13.5. The molecule has 0 spiro atoms. The van der Waals surface area contributed by atoms with E-state index in [2.05, 4.69) is 26.6 Å². The second-order valence-electron chi connectivity index (χ2n) is 6.40. The molecular formula is C19H29F2N3O3S. The normalized spacial score (nSPS) is 16.7. The van der Waals surface area contributed by atoms with E-state index in [9.17, 15) is 8.78 Å². The van der Waals surface area contributed by atoms with Crippen LogP contribution >= 0.6 is 11.8 Å². The first-order valence-corrected chi connectivity index (χ1v) is 10.5. The monoisotopic (exact) mass is 417 g/mol. The number of rotatable bonds is 9. The molecule has 0 aromatic heterocycles. The lowest BCUT2D eigenvalue weighted by Crippen LogP contribution is -2.47. The largest absolute Gasteiger partial charge is 0.497 e. The Kier molecular flexibility index (Phi) is 9.11. The Labute approximate surface area is 169 Å². The zero-order chi connectivity index (χ0) is 20.4. The summed E-state index contributed by atoms with van der Waals surface area (Å²) in [5.41, 5.74) is 0.530. The Morgan fingerprint density at radius 2 is 2.07 bits per heavy atom. The van der Waals surface area contributed by atoms with Gasteiger partial charge in [0.05, 0.1) is 13.7 Å². The van der Waals surface area contributed by atoms with E-state index in [0.717, 1.165) is 32.6 Å². The summed E-state index contributed by atoms with van der Waals surface area (Å²) in [5, 5.41) is 6.58. The summed E-state index contributed by atoms with van der Waals surface area (Å²) in [7, 11) is 1.53. The Balaban J connectivity index is 2.10. The van der Waals surface area contributed by atoms with E-state index in [4.69, 9.17) is 9.47 Å². The molecule has 9 heteroatoms. The summed E-state index contributed by atoms with van der Waals surface area (Å²) in [6.07, 6.45) is 4.06. The van der Waals surface area contributed by atoms with Crippen LogP contribution in [0.3, 0.4) is 0 Å². The molecule has 1 heterocycles. The molecular weight excluding hydrogens is 388 g/mol. The number of thioether (sulfide) groups is 1. The molecule has 1 aliphatic heterocycles. The molecule has 1 aromatic rings. The Bertz CT molecular complexity index is 641. The Hall–Kier alpha value is -1.74. The van der Waals surface area contributed by atoms with Gasteiger partial charge in [0.1, 0.15) is 11.5 Å². The van der Waals surface area contributed by atoms with E-state index in [1.165, 1.54) is 13.2 Å². The molecule has 158 valence electrons. The van der Waals surface area contributed by atoms with Crippen LogP contribution in [0.4, 0.5) is 8.78 Å². The quantitative estimate of drug-likeness (QED) is 0.475. The van der Waals surface area contributed by atoms with Crippen LogP contribution in [-0.2, 0) is 11.3 Å². The number of nitrogens with one attached hydrogen (secondary N) is 2. The summed E-state index contributed by atoms with van der Waals surface area (Å²) in [5.74, 6) is 1.29. The molecule has 28 heavy (non-hydrogen) atoms. The van der Waals surface area contributed by atoms with Gasteiger partial charge in [0.2, 0.25) is 0 Å². The van der Waals surface area contributed by atoms with Crippen molar-refractivity contribution in [1.29, 1.82) is 0 Å². The summed E-state index contributed by atoms with van der Waals surface area (Å²) in [6, 6.07) is 4.72. The number of alkyl halides is 2. The number of hydrogen-bond acceptors (Lipinski definition) is 5. The first-order valence-electron chi connectivity index (χ1n) is 9.28. The molecule has 1 aliphatic rings. The number of hydrogen-bond donors (Lipinski definition) is 2. The Morgan fingerprint density at radius 1 is 1.32 bits per heavy atom. The number of halogens is 2. The maximum Gasteiger partial charge on any atom is 0.387 e. The minimum Gasteiger partial charge on any atom is -0.497 e. The molecule has 0 unspecified atom stereocenters. The van der Waals surface area contributed by atoms with Crippen LogP contribution in [0.5, 0.6) is 11.5 Å². The summed E-state index contributed by atoms with van der Waals surface area (Å²) < 4.78 is 40.7. The van der Waals surface area contributed by atoms with Crippen LogP contribution in [0.2, 0.25) is 0 Å². The van der Waals surface area contributed by atoms with Crippen molar-refractivity contribution in [2.24, 2.45) is 4.99 Å². The number of benzene rings is 1. The minimum absolute atomic E-state index is 0.0976. The number of ether oxygens (including phenoxy) is 3. The fraction of sp³-hybridized carbons (Fsp3) is 0.632. The average Bonchev–Trinajstić information content (AvgIpc) is 2.71. The van der Waals surface area contributed by atoms with Crippen molar-refractivity contribution in [1.82, 2.24) is 10.6 Å². The van der Waals surface area contributed by atoms with Crippen molar-refractivity contribution in [2.45, 2.75) is 37.7 Å². The fourth-order valence-electron chi connectivity index (χ4n) is 2.96. The Morgan fingerprint density at radius 3 is 2.68 bits per heavy atom. The molecule has 0 radical (unpaired) electrons. The van der Waals surface area contributed by atoms with Gasteiger partial charge in [-0.05, 0) is 44.2 Å². The van der Waals surface area contributed by atoms with E-state index >= 15 is 0 Å². The van der Waals surface area contributed by atoms with E-state index in [1.807, 2.05) is 18.7 Å². The molecule has 1 aromatic carbocycles. The van der Waals surface area contributed by atoms with Crippen LogP contribution in [0.1, 0.15) is 25.3 Å². The lowest BCUT2D eigenvalue weighted by molar-refractivity contribution is -0.0504. The number of aliphatic imine (C=N–C) groups is 1. The van der Waals surface area contributed by atoms with Crippen LogP contribution in [-0.4, -0.2) is 57.0 Å². The second kappa shape index (κ2) is 11.3. The molecule has 0 amide bonds. The van der Waals surface area contributed by atoms with Crippen LogP contribution in [0, 0.1) is 0 Å². The highest BCUT2D eigenvalue weighted by Crippen LogP contribution is 2.33. The van der Waals surface area contributed by atoms with Crippen molar-refractivity contribution in [2.75, 3.05) is 39.7 Å². The molecule has 1 saturated heterocycles. The lowest BCUT2D eigenvalue weighted by atomic mass is 9.99. The molecule has 6 nitrogen and oxygen atoms in total. The third-order valence-corrected chi connectivity index (χ3v) is 6.07. The van der Waals surface area contributed by atoms with Crippen LogP contribution in [0.25, 0.3) is 0 Å². The van der Waals surface area contributed by atoms with Crippen molar-refractivity contribution in [3.8, 4) is 11.5 Å². The van der Waals surface area contributed by atoms with Crippen molar-refractivity contribution < 1.29 is 23.0 Å². The van der Waals surface area contributed by atoms with Gasteiger partial charge in [-0.25, -0.2) is 4.99 Å². The third kappa shape index (κ3) is 6.70. The van der Waals surface area contributed by atoms with Crippen LogP contribution in [0.15, 0.2) is 23.2 Å². The maximum absolute atomic E-state index is 12.7. The molecule has 0 bridgehead atoms. The van der Waals surface area contributed by atoms with Crippen molar-refractivity contribution in [3.05, 3.63) is 23.8 Å². The summed E-state index contributed by atoms with van der Waals surface area (Å²) in [4.78, 5) is 4.55. The van der Waals surface area contributed by atoms with Gasteiger partial charge in [-0.15, -0.1) is 0 Å². The van der Waals surface area contributed by atoms with Crippen molar-refractivity contribution >= 4 is 17.7 Å². The topological polar surface area (TPSA) is 64.1 Å². The van der Waals surface area contributed by atoms with Gasteiger partial charge < -0.3 is 24.8 Å². The predicted octanol–water partition coefficient (Wildman–Crippen LogP) is 3.26. The van der Waals surface area contributed by atoms with E-state index in [1.54, 1.807) is 12.1 Å². The molecule has 1 fully saturated rings. The SMILES string of the molecule is CCNC(=NCc1cc(OC)ccc1OC(F)F)NCC1(SC)CCOCC1. The van der Waals surface area contributed by atoms with Gasteiger partial charge in [0.15, 0.2) is 5.96 Å². The van der Waals surface area contributed by atoms with Gasteiger partial charge in [-0.2, -0.15) is 20.5 Å².